The minimum atomic E-state index is -4.33. The third-order valence-electron chi connectivity index (χ3n) is 3.81. The normalized spacial score (nSPS) is 18.7. The number of rotatable bonds is 8. The van der Waals surface area contributed by atoms with Crippen molar-refractivity contribution in [2.75, 3.05) is 6.61 Å². The zero-order chi connectivity index (χ0) is 15.5. The lowest BCUT2D eigenvalue weighted by Crippen LogP contribution is -2.46. The fourth-order valence-electron chi connectivity index (χ4n) is 2.34. The molecule has 4 nitrogen and oxygen atoms in total. The molecule has 0 aliphatic heterocycles. The molecule has 120 valence electrons. The molecule has 1 heterocycles. The van der Waals surface area contributed by atoms with Crippen LogP contribution in [0.4, 0.5) is 13.2 Å². The van der Waals surface area contributed by atoms with Crippen LogP contribution in [-0.2, 0) is 12.7 Å². The number of aromatic nitrogens is 2. The Balaban J connectivity index is 1.72. The van der Waals surface area contributed by atoms with Crippen molar-refractivity contribution in [3.8, 4) is 0 Å². The summed E-state index contributed by atoms with van der Waals surface area (Å²) in [6.45, 7) is 2.52. The van der Waals surface area contributed by atoms with Crippen molar-refractivity contribution in [3.63, 3.8) is 0 Å². The van der Waals surface area contributed by atoms with Gasteiger partial charge in [-0.25, -0.2) is 0 Å². The van der Waals surface area contributed by atoms with E-state index in [2.05, 4.69) is 10.4 Å². The van der Waals surface area contributed by atoms with E-state index in [1.54, 1.807) is 0 Å². The molecule has 1 saturated carbocycles. The molecule has 1 unspecified atom stereocenters. The molecule has 1 aliphatic rings. The number of alkyl halides is 3. The van der Waals surface area contributed by atoms with Crippen LogP contribution in [0.1, 0.15) is 44.6 Å². The van der Waals surface area contributed by atoms with Gasteiger partial charge in [-0.3, -0.25) is 4.68 Å². The lowest BCUT2D eigenvalue weighted by atomic mass is 9.95. The number of aliphatic hydroxyl groups excluding tert-OH is 1. The lowest BCUT2D eigenvalue weighted by molar-refractivity contribution is -0.137. The molecule has 1 fully saturated rings. The number of aryl methyl sites for hydroxylation is 1. The first-order valence-corrected chi connectivity index (χ1v) is 7.31. The lowest BCUT2D eigenvalue weighted by Gasteiger charge is -2.29. The van der Waals surface area contributed by atoms with Crippen molar-refractivity contribution in [2.45, 2.75) is 63.3 Å². The SMILES string of the molecule is CC(CO)(CCCCn1cc(C(F)(F)F)cn1)NC1CC1. The molecule has 1 atom stereocenters. The topological polar surface area (TPSA) is 50.1 Å². The molecular formula is C14H22F3N3O. The third kappa shape index (κ3) is 5.00. The summed E-state index contributed by atoms with van der Waals surface area (Å²) in [5, 5.41) is 16.6. The largest absolute Gasteiger partial charge is 0.419 e. The summed E-state index contributed by atoms with van der Waals surface area (Å²) >= 11 is 0. The second-order valence-electron chi connectivity index (χ2n) is 6.08. The zero-order valence-corrected chi connectivity index (χ0v) is 12.2. The van der Waals surface area contributed by atoms with Crippen molar-refractivity contribution in [1.82, 2.24) is 15.1 Å². The molecule has 7 heteroatoms. The number of hydrogen-bond acceptors (Lipinski definition) is 3. The maximum absolute atomic E-state index is 12.4. The minimum absolute atomic E-state index is 0.0729. The third-order valence-corrected chi connectivity index (χ3v) is 3.81. The van der Waals surface area contributed by atoms with Crippen molar-refractivity contribution in [2.24, 2.45) is 0 Å². The van der Waals surface area contributed by atoms with Crippen LogP contribution >= 0.6 is 0 Å². The standard InChI is InChI=1S/C14H22F3N3O/c1-13(10-21,19-12-4-5-12)6-2-3-7-20-9-11(8-18-20)14(15,16)17/h8-9,12,19,21H,2-7,10H2,1H3. The van der Waals surface area contributed by atoms with E-state index in [-0.39, 0.29) is 12.1 Å². The Morgan fingerprint density at radius 1 is 1.38 bits per heavy atom. The number of hydrogen-bond donors (Lipinski definition) is 2. The Hall–Kier alpha value is -1.08. The molecule has 2 N–H and O–H groups in total. The van der Waals surface area contributed by atoms with Crippen LogP contribution in [0.15, 0.2) is 12.4 Å². The van der Waals surface area contributed by atoms with Crippen molar-refractivity contribution >= 4 is 0 Å². The number of halogens is 3. The molecular weight excluding hydrogens is 283 g/mol. The summed E-state index contributed by atoms with van der Waals surface area (Å²) in [5.41, 5.74) is -0.999. The Labute approximate surface area is 122 Å². The van der Waals surface area contributed by atoms with Gasteiger partial charge in [-0.1, -0.05) is 0 Å². The summed E-state index contributed by atoms with van der Waals surface area (Å²) in [4.78, 5) is 0. The second-order valence-corrected chi connectivity index (χ2v) is 6.08. The van der Waals surface area contributed by atoms with Crippen LogP contribution < -0.4 is 5.32 Å². The average Bonchev–Trinajstić information content (AvgIpc) is 3.07. The molecule has 0 saturated heterocycles. The predicted octanol–water partition coefficient (Wildman–Crippen LogP) is 2.58. The van der Waals surface area contributed by atoms with Crippen molar-refractivity contribution < 1.29 is 18.3 Å². The van der Waals surface area contributed by atoms with Gasteiger partial charge in [-0.2, -0.15) is 18.3 Å². The van der Waals surface area contributed by atoms with E-state index in [9.17, 15) is 18.3 Å². The summed E-state index contributed by atoms with van der Waals surface area (Å²) in [7, 11) is 0. The van der Waals surface area contributed by atoms with Crippen molar-refractivity contribution in [1.29, 1.82) is 0 Å². The van der Waals surface area contributed by atoms with Crippen LogP contribution in [0.2, 0.25) is 0 Å². The molecule has 0 radical (unpaired) electrons. The molecule has 1 aliphatic carbocycles. The van der Waals surface area contributed by atoms with Crippen LogP contribution in [0.3, 0.4) is 0 Å². The highest BCUT2D eigenvalue weighted by Crippen LogP contribution is 2.28. The molecule has 1 aromatic rings. The first-order chi connectivity index (χ1) is 9.82. The van der Waals surface area contributed by atoms with Gasteiger partial charge in [-0.05, 0) is 39.0 Å². The highest BCUT2D eigenvalue weighted by molar-refractivity contribution is 5.08. The highest BCUT2D eigenvalue weighted by Gasteiger charge is 2.32. The maximum Gasteiger partial charge on any atom is 0.419 e. The van der Waals surface area contributed by atoms with Crippen LogP contribution in [-0.4, -0.2) is 33.1 Å². The van der Waals surface area contributed by atoms with E-state index < -0.39 is 11.7 Å². The molecule has 0 amide bonds. The van der Waals surface area contributed by atoms with Gasteiger partial charge in [0.2, 0.25) is 0 Å². The fourth-order valence-corrected chi connectivity index (χ4v) is 2.34. The second kappa shape index (κ2) is 6.36. The van der Waals surface area contributed by atoms with Gasteiger partial charge >= 0.3 is 6.18 Å². The van der Waals surface area contributed by atoms with E-state index in [1.807, 2.05) is 6.92 Å². The van der Waals surface area contributed by atoms with E-state index in [0.29, 0.717) is 12.6 Å². The summed E-state index contributed by atoms with van der Waals surface area (Å²) in [6, 6.07) is 0.516. The predicted molar refractivity (Wildman–Crippen MR) is 72.7 cm³/mol. The summed E-state index contributed by atoms with van der Waals surface area (Å²) in [6.07, 6.45) is 2.24. The number of unbranched alkanes of at least 4 members (excludes halogenated alkanes) is 1. The smallest absolute Gasteiger partial charge is 0.394 e. The Kier molecular flexibility index (Phi) is 4.93. The van der Waals surface area contributed by atoms with Gasteiger partial charge < -0.3 is 10.4 Å². The summed E-state index contributed by atoms with van der Waals surface area (Å²) in [5.74, 6) is 0. The van der Waals surface area contributed by atoms with E-state index >= 15 is 0 Å². The van der Waals surface area contributed by atoms with Crippen LogP contribution in [0, 0.1) is 0 Å². The number of nitrogens with one attached hydrogen (secondary N) is 1. The van der Waals surface area contributed by atoms with E-state index in [0.717, 1.165) is 44.5 Å². The molecule has 0 aromatic carbocycles. The van der Waals surface area contributed by atoms with Gasteiger partial charge in [0.15, 0.2) is 0 Å². The molecule has 2 rings (SSSR count). The Bertz CT molecular complexity index is 457. The number of nitrogens with zero attached hydrogens (tertiary/aromatic N) is 2. The first kappa shape index (κ1) is 16.3. The Morgan fingerprint density at radius 2 is 2.10 bits per heavy atom. The molecule has 1 aromatic heterocycles. The first-order valence-electron chi connectivity index (χ1n) is 7.31. The summed E-state index contributed by atoms with van der Waals surface area (Å²) < 4.78 is 38.6. The van der Waals surface area contributed by atoms with Gasteiger partial charge in [0.1, 0.15) is 0 Å². The molecule has 0 spiro atoms. The average molecular weight is 305 g/mol. The fraction of sp³-hybridized carbons (Fsp3) is 0.786. The highest BCUT2D eigenvalue weighted by atomic mass is 19.4. The monoisotopic (exact) mass is 305 g/mol. The quantitative estimate of drug-likeness (QED) is 0.726. The van der Waals surface area contributed by atoms with Gasteiger partial charge in [0.05, 0.1) is 18.4 Å². The van der Waals surface area contributed by atoms with Gasteiger partial charge in [0.25, 0.3) is 0 Å². The minimum Gasteiger partial charge on any atom is -0.394 e. The van der Waals surface area contributed by atoms with E-state index in [4.69, 9.17) is 0 Å². The van der Waals surface area contributed by atoms with Crippen LogP contribution in [0.5, 0.6) is 0 Å². The van der Waals surface area contributed by atoms with E-state index in [1.165, 1.54) is 4.68 Å². The molecule has 0 bridgehead atoms. The molecule has 21 heavy (non-hydrogen) atoms. The zero-order valence-electron chi connectivity index (χ0n) is 12.2. The van der Waals surface area contributed by atoms with Gasteiger partial charge in [0, 0.05) is 24.3 Å². The van der Waals surface area contributed by atoms with Crippen LogP contribution in [0.25, 0.3) is 0 Å². The Morgan fingerprint density at radius 3 is 2.62 bits per heavy atom. The van der Waals surface area contributed by atoms with Gasteiger partial charge in [-0.15, -0.1) is 0 Å². The van der Waals surface area contributed by atoms with Crippen molar-refractivity contribution in [3.05, 3.63) is 18.0 Å². The maximum atomic E-state index is 12.4. The number of aliphatic hydroxyl groups is 1.